The number of piperidine rings is 2. The van der Waals surface area contributed by atoms with Crippen molar-refractivity contribution in [1.82, 2.24) is 30.0 Å². The normalized spacial score (nSPS) is 18.7. The van der Waals surface area contributed by atoms with E-state index in [2.05, 4.69) is 45.9 Å². The third-order valence-corrected chi connectivity index (χ3v) is 13.8. The van der Waals surface area contributed by atoms with Crippen LogP contribution in [0.4, 0.5) is 40.2 Å². The number of hydrogen-bond donors (Lipinski definition) is 4. The standard InChI is InChI=1S/C44H52ClN11O7S/c1-52(64(3,61)62)36-10-5-4-8-34(36)48-41-32(45)24-46-44(51-41)49-35-12-11-29(23-38(35)63-2)55-21-19-54(20-22-55)25-28-15-17-53(18-16-28)27-40(58)47-33-9-6-7-30-31(33)26-56(43(30)60)37-13-14-39(57)50-42(37)59/h4-12,23-24,28,37H,13-22,25-27H2,1-3H3,(H,47,58)(H,50,57,59)(H2,46,48,49,51). The summed E-state index contributed by atoms with van der Waals surface area (Å²) in [5, 5.41) is 12.0. The van der Waals surface area contributed by atoms with Crippen LogP contribution in [0.5, 0.6) is 5.75 Å². The molecule has 4 aromatic rings. The van der Waals surface area contributed by atoms with Crippen molar-refractivity contribution in [2.24, 2.45) is 5.92 Å². The number of aromatic nitrogens is 2. The molecule has 338 valence electrons. The van der Waals surface area contributed by atoms with Gasteiger partial charge in [-0.25, -0.2) is 13.4 Å². The van der Waals surface area contributed by atoms with Gasteiger partial charge in [0.2, 0.25) is 33.7 Å². The van der Waals surface area contributed by atoms with E-state index in [1.807, 2.05) is 18.2 Å². The lowest BCUT2D eigenvalue weighted by Crippen LogP contribution is -2.52. The van der Waals surface area contributed by atoms with E-state index in [1.165, 1.54) is 22.4 Å². The number of carbonyl (C=O) groups is 4. The molecule has 20 heteroatoms. The van der Waals surface area contributed by atoms with E-state index < -0.39 is 22.0 Å². The topological polar surface area (TPSA) is 202 Å². The highest BCUT2D eigenvalue weighted by Gasteiger charge is 2.40. The van der Waals surface area contributed by atoms with Crippen LogP contribution in [0.1, 0.15) is 41.6 Å². The van der Waals surface area contributed by atoms with Crippen molar-refractivity contribution in [2.75, 3.05) is 97.9 Å². The van der Waals surface area contributed by atoms with Crippen molar-refractivity contribution >= 4 is 85.5 Å². The molecule has 4 aliphatic rings. The van der Waals surface area contributed by atoms with E-state index >= 15 is 0 Å². The van der Waals surface area contributed by atoms with Crippen LogP contribution in [0.3, 0.4) is 0 Å². The zero-order valence-electron chi connectivity index (χ0n) is 36.0. The largest absolute Gasteiger partial charge is 0.494 e. The minimum Gasteiger partial charge on any atom is -0.494 e. The number of fused-ring (bicyclic) bond motifs is 1. The van der Waals surface area contributed by atoms with Gasteiger partial charge >= 0.3 is 0 Å². The van der Waals surface area contributed by atoms with Gasteiger partial charge in [0.05, 0.1) is 43.2 Å². The Balaban J connectivity index is 0.794. The number of nitrogens with one attached hydrogen (secondary N) is 4. The van der Waals surface area contributed by atoms with Gasteiger partial charge in [0.1, 0.15) is 16.8 Å². The molecule has 1 aromatic heterocycles. The molecule has 3 saturated heterocycles. The lowest BCUT2D eigenvalue weighted by atomic mass is 9.96. The molecule has 0 saturated carbocycles. The zero-order chi connectivity index (χ0) is 45.1. The summed E-state index contributed by atoms with van der Waals surface area (Å²) in [4.78, 5) is 68.1. The monoisotopic (exact) mass is 913 g/mol. The second kappa shape index (κ2) is 19.0. The molecule has 1 unspecified atom stereocenters. The number of sulfonamides is 1. The van der Waals surface area contributed by atoms with E-state index in [1.54, 1.807) is 49.6 Å². The third kappa shape index (κ3) is 10.0. The van der Waals surface area contributed by atoms with Crippen LogP contribution in [-0.2, 0) is 31.0 Å². The number of likely N-dealkylation sites (tertiary alicyclic amines) is 1. The number of carbonyl (C=O) groups excluding carboxylic acids is 4. The van der Waals surface area contributed by atoms with E-state index in [0.717, 1.165) is 70.6 Å². The SMILES string of the molecule is COc1cc(N2CCN(CC3CCN(CC(=O)Nc4cccc5c4CN(C4CCC(=O)NC4=O)C5=O)CC3)CC2)ccc1Nc1ncc(Cl)c(Nc2ccccc2N(C)S(C)(=O)=O)n1. The second-order valence-electron chi connectivity index (χ2n) is 16.6. The summed E-state index contributed by atoms with van der Waals surface area (Å²) in [6.45, 7) is 6.67. The molecule has 3 aromatic carbocycles. The molecule has 4 aliphatic heterocycles. The van der Waals surface area contributed by atoms with Crippen LogP contribution >= 0.6 is 11.6 Å². The molecule has 5 heterocycles. The van der Waals surface area contributed by atoms with Crippen LogP contribution in [-0.4, -0.2) is 136 Å². The summed E-state index contributed by atoms with van der Waals surface area (Å²) in [5.74, 6) is 0.506. The number of anilines is 7. The second-order valence-corrected chi connectivity index (χ2v) is 19.0. The fraction of sp³-hybridized carbons (Fsp3) is 0.409. The molecule has 0 bridgehead atoms. The van der Waals surface area contributed by atoms with Gasteiger partial charge in [-0.3, -0.25) is 38.6 Å². The van der Waals surface area contributed by atoms with Crippen molar-refractivity contribution in [3.8, 4) is 5.75 Å². The lowest BCUT2D eigenvalue weighted by Gasteiger charge is -2.39. The number of amides is 4. The summed E-state index contributed by atoms with van der Waals surface area (Å²) >= 11 is 6.47. The highest BCUT2D eigenvalue weighted by atomic mass is 35.5. The van der Waals surface area contributed by atoms with E-state index in [4.69, 9.17) is 16.3 Å². The summed E-state index contributed by atoms with van der Waals surface area (Å²) in [6.07, 6.45) is 5.06. The number of methoxy groups -OCH3 is 1. The predicted molar refractivity (Wildman–Crippen MR) is 245 cm³/mol. The van der Waals surface area contributed by atoms with E-state index in [9.17, 15) is 27.6 Å². The predicted octanol–water partition coefficient (Wildman–Crippen LogP) is 4.26. The lowest BCUT2D eigenvalue weighted by molar-refractivity contribution is -0.137. The molecule has 8 rings (SSSR count). The molecule has 3 fully saturated rings. The van der Waals surface area contributed by atoms with Gasteiger partial charge in [0.25, 0.3) is 5.91 Å². The number of para-hydroxylation sites is 2. The van der Waals surface area contributed by atoms with Crippen molar-refractivity contribution in [1.29, 1.82) is 0 Å². The Hall–Kier alpha value is -6.02. The molecule has 18 nitrogen and oxygen atoms in total. The maximum absolute atomic E-state index is 13.2. The molecule has 4 amide bonds. The Morgan fingerprint density at radius 1 is 0.922 bits per heavy atom. The summed E-state index contributed by atoms with van der Waals surface area (Å²) in [5.41, 5.74) is 4.37. The minimum absolute atomic E-state index is 0.143. The van der Waals surface area contributed by atoms with Crippen LogP contribution in [0.15, 0.2) is 66.9 Å². The first kappa shape index (κ1) is 44.6. The number of rotatable bonds is 14. The summed E-state index contributed by atoms with van der Waals surface area (Å²) in [6, 6.07) is 17.5. The molecular formula is C44H52ClN11O7S. The fourth-order valence-corrected chi connectivity index (χ4v) is 9.41. The van der Waals surface area contributed by atoms with Gasteiger partial charge in [0, 0.05) is 81.3 Å². The van der Waals surface area contributed by atoms with Crippen LogP contribution in [0, 0.1) is 5.92 Å². The van der Waals surface area contributed by atoms with Crippen LogP contribution < -0.4 is 35.2 Å². The van der Waals surface area contributed by atoms with Gasteiger partial charge in [-0.05, 0) is 74.7 Å². The van der Waals surface area contributed by atoms with Crippen molar-refractivity contribution in [2.45, 2.75) is 38.3 Å². The number of ether oxygens (including phenoxy) is 1. The van der Waals surface area contributed by atoms with Crippen molar-refractivity contribution < 1.29 is 32.3 Å². The Labute approximate surface area is 377 Å². The average Bonchev–Trinajstić information content (AvgIpc) is 3.61. The first-order valence-electron chi connectivity index (χ1n) is 21.3. The van der Waals surface area contributed by atoms with Crippen molar-refractivity contribution in [3.05, 3.63) is 83.0 Å². The molecule has 1 atom stereocenters. The van der Waals surface area contributed by atoms with Gasteiger partial charge in [-0.2, -0.15) is 4.98 Å². The molecule has 0 aliphatic carbocycles. The number of halogens is 1. The number of piperazine rings is 1. The zero-order valence-corrected chi connectivity index (χ0v) is 37.5. The Bertz CT molecular complexity index is 2550. The number of nitrogens with zero attached hydrogens (tertiary/aromatic N) is 7. The van der Waals surface area contributed by atoms with Gasteiger partial charge in [0.15, 0.2) is 5.82 Å². The van der Waals surface area contributed by atoms with Gasteiger partial charge in [-0.1, -0.05) is 29.8 Å². The minimum atomic E-state index is -3.51. The average molecular weight is 914 g/mol. The molecule has 4 N–H and O–H groups in total. The number of imide groups is 1. The number of benzene rings is 3. The maximum Gasteiger partial charge on any atom is 0.255 e. The number of hydrogen-bond acceptors (Lipinski definition) is 14. The fourth-order valence-electron chi connectivity index (χ4n) is 8.75. The van der Waals surface area contributed by atoms with Crippen LogP contribution in [0.25, 0.3) is 0 Å². The van der Waals surface area contributed by atoms with Crippen molar-refractivity contribution in [3.63, 3.8) is 0 Å². The Kier molecular flexibility index (Phi) is 13.2. The first-order chi connectivity index (χ1) is 30.7. The van der Waals surface area contributed by atoms with E-state index in [0.29, 0.717) is 51.4 Å². The highest BCUT2D eigenvalue weighted by Crippen LogP contribution is 2.36. The van der Waals surface area contributed by atoms with Gasteiger partial charge < -0.3 is 30.5 Å². The Morgan fingerprint density at radius 2 is 1.67 bits per heavy atom. The van der Waals surface area contributed by atoms with E-state index in [-0.39, 0.29) is 54.6 Å². The quantitative estimate of drug-likeness (QED) is 0.131. The summed E-state index contributed by atoms with van der Waals surface area (Å²) in [7, 11) is -0.418. The van der Waals surface area contributed by atoms with Gasteiger partial charge in [-0.15, -0.1) is 0 Å². The summed E-state index contributed by atoms with van der Waals surface area (Å²) < 4.78 is 31.5. The molecule has 0 radical (unpaired) electrons. The van der Waals surface area contributed by atoms with Crippen LogP contribution in [0.2, 0.25) is 5.02 Å². The first-order valence-corrected chi connectivity index (χ1v) is 23.5. The molecular weight excluding hydrogens is 862 g/mol. The smallest absolute Gasteiger partial charge is 0.255 e. The highest BCUT2D eigenvalue weighted by molar-refractivity contribution is 7.92. The molecule has 0 spiro atoms. The Morgan fingerprint density at radius 3 is 2.41 bits per heavy atom. The third-order valence-electron chi connectivity index (χ3n) is 12.4. The molecule has 64 heavy (non-hydrogen) atoms. The maximum atomic E-state index is 13.2.